The number of anilines is 1. The molecule has 0 saturated carbocycles. The fourth-order valence-electron chi connectivity index (χ4n) is 2.08. The van der Waals surface area contributed by atoms with Crippen molar-refractivity contribution >= 4 is 23.2 Å². The molecule has 3 rings (SSSR count). The first-order chi connectivity index (χ1) is 11.5. The third kappa shape index (κ3) is 2.91. The van der Waals surface area contributed by atoms with Gasteiger partial charge >= 0.3 is 5.97 Å². The van der Waals surface area contributed by atoms with Crippen LogP contribution in [0.5, 0.6) is 0 Å². The van der Waals surface area contributed by atoms with Gasteiger partial charge in [0.2, 0.25) is 0 Å². The van der Waals surface area contributed by atoms with E-state index in [4.69, 9.17) is 0 Å². The summed E-state index contributed by atoms with van der Waals surface area (Å²) in [6.45, 7) is 0. The zero-order valence-corrected chi connectivity index (χ0v) is 12.3. The number of hydrogen-bond acceptors (Lipinski definition) is 5. The Bertz CT molecular complexity index is 935. The van der Waals surface area contributed by atoms with Gasteiger partial charge < -0.3 is 10.1 Å². The molecule has 3 aromatic rings. The molecule has 1 amide bonds. The molecule has 0 radical (unpaired) electrons. The maximum atomic E-state index is 13.2. The molecule has 0 fully saturated rings. The third-order valence-electron chi connectivity index (χ3n) is 3.14. The Morgan fingerprint density at radius 1 is 1.17 bits per heavy atom. The molecule has 1 aromatic carbocycles. The second-order valence-electron chi connectivity index (χ2n) is 4.77. The number of ether oxygens (including phenoxy) is 1. The van der Waals surface area contributed by atoms with E-state index in [1.807, 2.05) is 0 Å². The monoisotopic (exact) mass is 332 g/mol. The number of carbonyl (C=O) groups excluding carboxylic acids is 2. The molecule has 0 aliphatic rings. The van der Waals surface area contributed by atoms with Gasteiger partial charge in [-0.1, -0.05) is 0 Å². The Morgan fingerprint density at radius 2 is 1.88 bits per heavy atom. The van der Waals surface area contributed by atoms with Crippen LogP contribution in [-0.2, 0) is 4.74 Å². The van der Waals surface area contributed by atoms with Crippen molar-refractivity contribution in [2.75, 3.05) is 12.4 Å². The summed E-state index contributed by atoms with van der Waals surface area (Å²) in [7, 11) is 1.23. The second kappa shape index (κ2) is 6.03. The number of methoxy groups -OCH3 is 1. The minimum absolute atomic E-state index is 0.169. The number of rotatable bonds is 3. The standard InChI is InChI=1S/C15H10F2N4O3/c1-24-15(23)12-6-19-21-7-11(5-18-13(12)21)20-14(22)8-2-9(16)4-10(17)3-8/h2-7H,1H3,(H,20,22). The first-order valence-electron chi connectivity index (χ1n) is 6.67. The summed E-state index contributed by atoms with van der Waals surface area (Å²) in [6.07, 6.45) is 3.97. The van der Waals surface area contributed by atoms with E-state index in [-0.39, 0.29) is 22.5 Å². The highest BCUT2D eigenvalue weighted by molar-refractivity contribution is 6.04. The Hall–Kier alpha value is -3.36. The molecule has 122 valence electrons. The molecule has 0 atom stereocenters. The molecule has 9 heteroatoms. The van der Waals surface area contributed by atoms with Gasteiger partial charge in [-0.3, -0.25) is 4.79 Å². The van der Waals surface area contributed by atoms with Crippen molar-refractivity contribution in [2.24, 2.45) is 0 Å². The highest BCUT2D eigenvalue weighted by Crippen LogP contribution is 2.14. The molecule has 0 aliphatic heterocycles. The van der Waals surface area contributed by atoms with Crippen LogP contribution >= 0.6 is 0 Å². The van der Waals surface area contributed by atoms with Crippen LogP contribution < -0.4 is 5.32 Å². The molecule has 7 nitrogen and oxygen atoms in total. The van der Waals surface area contributed by atoms with Gasteiger partial charge in [-0.2, -0.15) is 5.10 Å². The van der Waals surface area contributed by atoms with Crippen molar-refractivity contribution in [3.8, 4) is 0 Å². The lowest BCUT2D eigenvalue weighted by molar-refractivity contribution is 0.0602. The number of nitrogens with zero attached hydrogens (tertiary/aromatic N) is 3. The molecule has 0 unspecified atom stereocenters. The van der Waals surface area contributed by atoms with Gasteiger partial charge in [-0.15, -0.1) is 0 Å². The molecule has 0 bridgehead atoms. The van der Waals surface area contributed by atoms with Crippen molar-refractivity contribution < 1.29 is 23.1 Å². The summed E-state index contributed by atoms with van der Waals surface area (Å²) in [5.41, 5.74) is 0.472. The molecule has 1 N–H and O–H groups in total. The highest BCUT2D eigenvalue weighted by atomic mass is 19.1. The number of halogens is 2. The number of benzene rings is 1. The topological polar surface area (TPSA) is 85.6 Å². The van der Waals surface area contributed by atoms with E-state index < -0.39 is 23.5 Å². The van der Waals surface area contributed by atoms with E-state index in [9.17, 15) is 18.4 Å². The van der Waals surface area contributed by atoms with Gasteiger partial charge in [0.1, 0.15) is 17.2 Å². The smallest absolute Gasteiger partial charge is 0.343 e. The van der Waals surface area contributed by atoms with Crippen molar-refractivity contribution in [3.63, 3.8) is 0 Å². The Balaban J connectivity index is 1.87. The van der Waals surface area contributed by atoms with E-state index in [0.29, 0.717) is 6.07 Å². The van der Waals surface area contributed by atoms with Crippen LogP contribution in [0.15, 0.2) is 36.8 Å². The van der Waals surface area contributed by atoms with Crippen LogP contribution in [0.4, 0.5) is 14.5 Å². The Morgan fingerprint density at radius 3 is 2.54 bits per heavy atom. The summed E-state index contributed by atoms with van der Waals surface area (Å²) < 4.78 is 32.2. The predicted octanol–water partition coefficient (Wildman–Crippen LogP) is 2.05. The largest absolute Gasteiger partial charge is 0.465 e. The van der Waals surface area contributed by atoms with Crippen molar-refractivity contribution in [1.29, 1.82) is 0 Å². The van der Waals surface area contributed by atoms with Gasteiger partial charge in [0, 0.05) is 11.6 Å². The number of nitrogens with one attached hydrogen (secondary N) is 1. The normalized spacial score (nSPS) is 10.6. The second-order valence-corrected chi connectivity index (χ2v) is 4.77. The van der Waals surface area contributed by atoms with Crippen molar-refractivity contribution in [1.82, 2.24) is 14.6 Å². The summed E-state index contributed by atoms with van der Waals surface area (Å²) >= 11 is 0. The van der Waals surface area contributed by atoms with E-state index in [0.717, 1.165) is 12.1 Å². The van der Waals surface area contributed by atoms with Crippen LogP contribution in [0.1, 0.15) is 20.7 Å². The van der Waals surface area contributed by atoms with Crippen molar-refractivity contribution in [3.05, 3.63) is 59.6 Å². The number of amides is 1. The molecule has 0 saturated heterocycles. The lowest BCUT2D eigenvalue weighted by Gasteiger charge is -2.06. The third-order valence-corrected chi connectivity index (χ3v) is 3.14. The Labute approximate surface area is 133 Å². The molecule has 0 spiro atoms. The first-order valence-corrected chi connectivity index (χ1v) is 6.67. The quantitative estimate of drug-likeness (QED) is 0.742. The minimum Gasteiger partial charge on any atom is -0.465 e. The zero-order chi connectivity index (χ0) is 17.3. The maximum absolute atomic E-state index is 13.2. The van der Waals surface area contributed by atoms with Crippen LogP contribution in [-0.4, -0.2) is 33.6 Å². The number of esters is 1. The number of carbonyl (C=O) groups is 2. The van der Waals surface area contributed by atoms with Crippen LogP contribution in [0, 0.1) is 11.6 Å². The molecular weight excluding hydrogens is 322 g/mol. The SMILES string of the molecule is COC(=O)c1cnn2cc(NC(=O)c3cc(F)cc(F)c3)cnc12. The van der Waals surface area contributed by atoms with Crippen LogP contribution in [0.25, 0.3) is 5.65 Å². The van der Waals surface area contributed by atoms with Gasteiger partial charge in [-0.25, -0.2) is 23.1 Å². The molecule has 24 heavy (non-hydrogen) atoms. The summed E-state index contributed by atoms with van der Waals surface area (Å²) in [5, 5.41) is 6.38. The van der Waals surface area contributed by atoms with E-state index in [1.165, 1.54) is 30.2 Å². The zero-order valence-electron chi connectivity index (χ0n) is 12.3. The summed E-state index contributed by atoms with van der Waals surface area (Å²) in [6, 6.07) is 2.49. The number of hydrogen-bond donors (Lipinski definition) is 1. The van der Waals surface area contributed by atoms with Crippen LogP contribution in [0.2, 0.25) is 0 Å². The molecule has 2 aromatic heterocycles. The van der Waals surface area contributed by atoms with E-state index in [2.05, 4.69) is 20.1 Å². The number of aromatic nitrogens is 3. The minimum atomic E-state index is -0.858. The lowest BCUT2D eigenvalue weighted by atomic mass is 10.2. The molecular formula is C15H10F2N4O3. The highest BCUT2D eigenvalue weighted by Gasteiger charge is 2.15. The first kappa shape index (κ1) is 15.5. The average molecular weight is 332 g/mol. The Kier molecular flexibility index (Phi) is 3.90. The fraction of sp³-hybridized carbons (Fsp3) is 0.0667. The number of fused-ring (bicyclic) bond motifs is 1. The maximum Gasteiger partial charge on any atom is 0.343 e. The molecule has 0 aliphatic carbocycles. The van der Waals surface area contributed by atoms with Crippen molar-refractivity contribution in [2.45, 2.75) is 0 Å². The molecule has 2 heterocycles. The lowest BCUT2D eigenvalue weighted by Crippen LogP contribution is -2.13. The summed E-state index contributed by atoms with van der Waals surface area (Å²) in [4.78, 5) is 27.6. The van der Waals surface area contributed by atoms with E-state index in [1.54, 1.807) is 0 Å². The predicted molar refractivity (Wildman–Crippen MR) is 78.6 cm³/mol. The average Bonchev–Trinajstić information content (AvgIpc) is 2.96. The van der Waals surface area contributed by atoms with Gasteiger partial charge in [0.15, 0.2) is 5.65 Å². The van der Waals surface area contributed by atoms with Gasteiger partial charge in [0.05, 0.1) is 31.4 Å². The van der Waals surface area contributed by atoms with Gasteiger partial charge in [0.25, 0.3) is 5.91 Å². The fourth-order valence-corrected chi connectivity index (χ4v) is 2.08. The summed E-state index contributed by atoms with van der Waals surface area (Å²) in [5.74, 6) is -3.02. The van der Waals surface area contributed by atoms with Gasteiger partial charge in [-0.05, 0) is 12.1 Å². The van der Waals surface area contributed by atoms with E-state index >= 15 is 0 Å². The van der Waals surface area contributed by atoms with Crippen LogP contribution in [0.3, 0.4) is 0 Å².